The van der Waals surface area contributed by atoms with Crippen LogP contribution >= 0.6 is 11.6 Å². The fourth-order valence-electron chi connectivity index (χ4n) is 1.12. The maximum atomic E-state index is 5.81. The molecule has 2 heteroatoms. The summed E-state index contributed by atoms with van der Waals surface area (Å²) < 4.78 is 0. The number of allylic oxidation sites excluding steroid dienone is 1. The van der Waals surface area contributed by atoms with Crippen molar-refractivity contribution >= 4 is 17.3 Å². The van der Waals surface area contributed by atoms with Crippen LogP contribution < -0.4 is 4.90 Å². The van der Waals surface area contributed by atoms with Crippen LogP contribution in [-0.4, -0.2) is 13.6 Å². The van der Waals surface area contributed by atoms with Gasteiger partial charge in [-0.2, -0.15) is 0 Å². The Balaban J connectivity index is 2.65. The van der Waals surface area contributed by atoms with E-state index < -0.39 is 0 Å². The molecule has 0 amide bonds. The topological polar surface area (TPSA) is 3.24 Å². The van der Waals surface area contributed by atoms with E-state index in [4.69, 9.17) is 11.6 Å². The summed E-state index contributed by atoms with van der Waals surface area (Å²) in [6.45, 7) is 5.15. The van der Waals surface area contributed by atoms with Gasteiger partial charge < -0.3 is 4.90 Å². The Morgan fingerprint density at radius 3 is 2.36 bits per heavy atom. The molecule has 0 aliphatic carbocycles. The first kappa shape index (κ1) is 11.1. The zero-order chi connectivity index (χ0) is 10.6. The summed E-state index contributed by atoms with van der Waals surface area (Å²) in [7, 11) is 2.07. The summed E-state index contributed by atoms with van der Waals surface area (Å²) in [6, 6.07) is 7.88. The molecule has 14 heavy (non-hydrogen) atoms. The van der Waals surface area contributed by atoms with E-state index in [1.165, 1.54) is 11.3 Å². The van der Waals surface area contributed by atoms with Gasteiger partial charge in [0, 0.05) is 24.3 Å². The van der Waals surface area contributed by atoms with Crippen molar-refractivity contribution < 1.29 is 0 Å². The van der Waals surface area contributed by atoms with Crippen molar-refractivity contribution in [1.29, 1.82) is 0 Å². The van der Waals surface area contributed by atoms with Crippen LogP contribution in [0.5, 0.6) is 0 Å². The van der Waals surface area contributed by atoms with Gasteiger partial charge in [0.05, 0.1) is 0 Å². The number of hydrogen-bond donors (Lipinski definition) is 0. The van der Waals surface area contributed by atoms with Crippen molar-refractivity contribution in [2.45, 2.75) is 13.8 Å². The van der Waals surface area contributed by atoms with E-state index in [1.54, 1.807) is 0 Å². The molecule has 0 aromatic heterocycles. The molecule has 0 aliphatic rings. The van der Waals surface area contributed by atoms with Gasteiger partial charge in [0.2, 0.25) is 0 Å². The molecular formula is C12H16ClN. The summed E-state index contributed by atoms with van der Waals surface area (Å²) in [6.07, 6.45) is 2.20. The summed E-state index contributed by atoms with van der Waals surface area (Å²) in [5.41, 5.74) is 2.53. The van der Waals surface area contributed by atoms with Gasteiger partial charge in [0.25, 0.3) is 0 Å². The highest BCUT2D eigenvalue weighted by Crippen LogP contribution is 2.16. The van der Waals surface area contributed by atoms with Crippen molar-refractivity contribution in [3.63, 3.8) is 0 Å². The molecule has 0 aliphatic heterocycles. The quantitative estimate of drug-likeness (QED) is 0.686. The normalized spacial score (nSPS) is 9.71. The fourth-order valence-corrected chi connectivity index (χ4v) is 1.25. The van der Waals surface area contributed by atoms with Crippen molar-refractivity contribution in [3.8, 4) is 0 Å². The Morgan fingerprint density at radius 1 is 1.29 bits per heavy atom. The molecule has 0 saturated heterocycles. The average Bonchev–Trinajstić information content (AvgIpc) is 2.15. The number of rotatable bonds is 3. The van der Waals surface area contributed by atoms with Crippen LogP contribution in [0, 0.1) is 0 Å². The maximum absolute atomic E-state index is 5.81. The van der Waals surface area contributed by atoms with E-state index >= 15 is 0 Å². The van der Waals surface area contributed by atoms with Gasteiger partial charge in [0.1, 0.15) is 0 Å². The highest BCUT2D eigenvalue weighted by Gasteiger charge is 1.97. The van der Waals surface area contributed by atoms with Crippen molar-refractivity contribution in [1.82, 2.24) is 0 Å². The van der Waals surface area contributed by atoms with Crippen LogP contribution in [-0.2, 0) is 0 Å². The number of benzene rings is 1. The Labute approximate surface area is 91.0 Å². The second-order valence-electron chi connectivity index (χ2n) is 3.64. The summed E-state index contributed by atoms with van der Waals surface area (Å²) in [5.74, 6) is 0. The van der Waals surface area contributed by atoms with Crippen molar-refractivity contribution in [2.24, 2.45) is 0 Å². The molecule has 0 bridgehead atoms. The number of hydrogen-bond acceptors (Lipinski definition) is 1. The minimum absolute atomic E-state index is 0.782. The van der Waals surface area contributed by atoms with E-state index in [0.717, 1.165) is 11.6 Å². The lowest BCUT2D eigenvalue weighted by Crippen LogP contribution is -2.16. The van der Waals surface area contributed by atoms with Crippen molar-refractivity contribution in [3.05, 3.63) is 40.9 Å². The average molecular weight is 210 g/mol. The van der Waals surface area contributed by atoms with E-state index in [0.29, 0.717) is 0 Å². The summed E-state index contributed by atoms with van der Waals surface area (Å²) >= 11 is 5.81. The molecule has 1 aromatic rings. The summed E-state index contributed by atoms with van der Waals surface area (Å²) in [5, 5.41) is 0.782. The van der Waals surface area contributed by atoms with E-state index in [1.807, 2.05) is 24.3 Å². The second-order valence-corrected chi connectivity index (χ2v) is 4.07. The number of likely N-dealkylation sites (N-methyl/N-ethyl adjacent to an activating group) is 1. The minimum Gasteiger partial charge on any atom is -0.371 e. The van der Waals surface area contributed by atoms with E-state index in [9.17, 15) is 0 Å². The third-order valence-corrected chi connectivity index (χ3v) is 2.29. The smallest absolute Gasteiger partial charge is 0.0407 e. The first-order valence-corrected chi connectivity index (χ1v) is 5.07. The molecule has 1 nitrogen and oxygen atoms in total. The lowest BCUT2D eigenvalue weighted by Gasteiger charge is -2.17. The highest BCUT2D eigenvalue weighted by atomic mass is 35.5. The second kappa shape index (κ2) is 5.06. The van der Waals surface area contributed by atoms with Gasteiger partial charge in [-0.15, -0.1) is 0 Å². The highest BCUT2D eigenvalue weighted by molar-refractivity contribution is 6.30. The Hall–Kier alpha value is -0.950. The number of nitrogens with zero attached hydrogens (tertiary/aromatic N) is 1. The van der Waals surface area contributed by atoms with E-state index in [2.05, 4.69) is 31.9 Å². The van der Waals surface area contributed by atoms with Crippen LogP contribution in [0.3, 0.4) is 0 Å². The summed E-state index contributed by atoms with van der Waals surface area (Å²) in [4.78, 5) is 2.18. The minimum atomic E-state index is 0.782. The van der Waals surface area contributed by atoms with Gasteiger partial charge in [-0.05, 0) is 38.1 Å². The molecule has 0 atom stereocenters. The van der Waals surface area contributed by atoms with Crippen LogP contribution in [0.4, 0.5) is 5.69 Å². The molecule has 0 saturated carbocycles. The Kier molecular flexibility index (Phi) is 4.02. The van der Waals surface area contributed by atoms with Crippen molar-refractivity contribution in [2.75, 3.05) is 18.5 Å². The zero-order valence-corrected chi connectivity index (χ0v) is 9.67. The predicted molar refractivity (Wildman–Crippen MR) is 64.2 cm³/mol. The first-order chi connectivity index (χ1) is 6.59. The van der Waals surface area contributed by atoms with Gasteiger partial charge in [0.15, 0.2) is 0 Å². The molecule has 0 N–H and O–H groups in total. The van der Waals surface area contributed by atoms with Gasteiger partial charge >= 0.3 is 0 Å². The molecule has 1 aromatic carbocycles. The predicted octanol–water partition coefficient (Wildman–Crippen LogP) is 3.74. The van der Waals surface area contributed by atoms with Crippen LogP contribution in [0.2, 0.25) is 5.02 Å². The molecule has 0 unspecified atom stereocenters. The largest absolute Gasteiger partial charge is 0.371 e. The lowest BCUT2D eigenvalue weighted by molar-refractivity contribution is 1.02. The molecule has 0 heterocycles. The number of anilines is 1. The molecule has 1 rings (SSSR count). The standard InChI is InChI=1S/C12H16ClN/c1-10(2)8-9-14(3)12-6-4-11(13)5-7-12/h4-8H,9H2,1-3H3. The van der Waals surface area contributed by atoms with Gasteiger partial charge in [-0.1, -0.05) is 23.3 Å². The monoisotopic (exact) mass is 209 g/mol. The van der Waals surface area contributed by atoms with E-state index in [-0.39, 0.29) is 0 Å². The van der Waals surface area contributed by atoms with Gasteiger partial charge in [-0.3, -0.25) is 0 Å². The third-order valence-electron chi connectivity index (χ3n) is 2.04. The Morgan fingerprint density at radius 2 is 1.86 bits per heavy atom. The Bertz CT molecular complexity index is 310. The SMILES string of the molecule is CC(C)=CCN(C)c1ccc(Cl)cc1. The molecule has 0 radical (unpaired) electrons. The maximum Gasteiger partial charge on any atom is 0.0407 e. The lowest BCUT2D eigenvalue weighted by atomic mass is 10.2. The van der Waals surface area contributed by atoms with Crippen LogP contribution in [0.25, 0.3) is 0 Å². The van der Waals surface area contributed by atoms with Crippen LogP contribution in [0.1, 0.15) is 13.8 Å². The third kappa shape index (κ3) is 3.43. The molecule has 0 fully saturated rings. The zero-order valence-electron chi connectivity index (χ0n) is 8.92. The molecular weight excluding hydrogens is 194 g/mol. The first-order valence-electron chi connectivity index (χ1n) is 4.69. The van der Waals surface area contributed by atoms with Gasteiger partial charge in [-0.25, -0.2) is 0 Å². The molecule has 0 spiro atoms. The van der Waals surface area contributed by atoms with Crippen LogP contribution in [0.15, 0.2) is 35.9 Å². The number of halogens is 1. The molecule has 76 valence electrons. The fraction of sp³-hybridized carbons (Fsp3) is 0.333.